The summed E-state index contributed by atoms with van der Waals surface area (Å²) in [6, 6.07) is -0.868. The highest BCUT2D eigenvalue weighted by atomic mass is 16.6. The Morgan fingerprint density at radius 2 is 1.74 bits per heavy atom. The summed E-state index contributed by atoms with van der Waals surface area (Å²) >= 11 is 0. The van der Waals surface area contributed by atoms with E-state index in [1.165, 1.54) is 4.90 Å². The lowest BCUT2D eigenvalue weighted by molar-refractivity contribution is -0.143. The third-order valence-electron chi connectivity index (χ3n) is 3.35. The number of amides is 1. The molecule has 19 heavy (non-hydrogen) atoms. The molecule has 0 saturated heterocycles. The Morgan fingerprint density at radius 3 is 2.16 bits per heavy atom. The SMILES string of the molecule is CC(C(=O)O)N(C(=O)OC(C)(C)C)C1CCCCC1. The van der Waals surface area contributed by atoms with Crippen molar-refractivity contribution >= 4 is 12.1 Å². The molecule has 0 aliphatic heterocycles. The molecule has 1 aliphatic carbocycles. The number of nitrogens with zero attached hydrogens (tertiary/aromatic N) is 1. The Labute approximate surface area is 114 Å². The van der Waals surface area contributed by atoms with Gasteiger partial charge in [0.1, 0.15) is 11.6 Å². The standard InChI is InChI=1S/C14H25NO4/c1-10(12(16)17)15(11-8-6-5-7-9-11)13(18)19-14(2,3)4/h10-11H,5-9H2,1-4H3,(H,16,17). The minimum atomic E-state index is -0.989. The van der Waals surface area contributed by atoms with Gasteiger partial charge in [-0.25, -0.2) is 9.59 Å². The van der Waals surface area contributed by atoms with Gasteiger partial charge in [0.15, 0.2) is 0 Å². The number of aliphatic carboxylic acids is 1. The molecule has 1 N–H and O–H groups in total. The average Bonchev–Trinajstić information content (AvgIpc) is 2.28. The van der Waals surface area contributed by atoms with Crippen LogP contribution in [0.15, 0.2) is 0 Å². The van der Waals surface area contributed by atoms with Crippen LogP contribution in [0.1, 0.15) is 59.8 Å². The lowest BCUT2D eigenvalue weighted by atomic mass is 9.93. The summed E-state index contributed by atoms with van der Waals surface area (Å²) in [5.41, 5.74) is -0.609. The molecule has 1 rings (SSSR count). The van der Waals surface area contributed by atoms with Gasteiger partial charge in [-0.2, -0.15) is 0 Å². The number of carbonyl (C=O) groups excluding carboxylic acids is 1. The van der Waals surface area contributed by atoms with Crippen molar-refractivity contribution in [3.63, 3.8) is 0 Å². The van der Waals surface area contributed by atoms with Gasteiger partial charge in [-0.05, 0) is 40.5 Å². The number of rotatable bonds is 3. The van der Waals surface area contributed by atoms with Crippen LogP contribution in [0.25, 0.3) is 0 Å². The molecule has 0 radical (unpaired) electrons. The smallest absolute Gasteiger partial charge is 0.411 e. The summed E-state index contributed by atoms with van der Waals surface area (Å²) in [4.78, 5) is 24.9. The molecule has 5 heteroatoms. The fourth-order valence-corrected chi connectivity index (χ4v) is 2.42. The van der Waals surface area contributed by atoms with E-state index in [9.17, 15) is 14.7 Å². The van der Waals surface area contributed by atoms with Crippen molar-refractivity contribution in [2.45, 2.75) is 77.5 Å². The highest BCUT2D eigenvalue weighted by molar-refractivity contribution is 5.80. The van der Waals surface area contributed by atoms with Crippen molar-refractivity contribution < 1.29 is 19.4 Å². The van der Waals surface area contributed by atoms with E-state index < -0.39 is 23.7 Å². The fraction of sp³-hybridized carbons (Fsp3) is 0.857. The average molecular weight is 271 g/mol. The monoisotopic (exact) mass is 271 g/mol. The molecular formula is C14H25NO4. The first-order valence-electron chi connectivity index (χ1n) is 6.96. The molecule has 0 bridgehead atoms. The summed E-state index contributed by atoms with van der Waals surface area (Å²) in [5.74, 6) is -0.989. The molecule has 0 spiro atoms. The zero-order valence-corrected chi connectivity index (χ0v) is 12.3. The van der Waals surface area contributed by atoms with Crippen molar-refractivity contribution in [1.82, 2.24) is 4.90 Å². The summed E-state index contributed by atoms with van der Waals surface area (Å²) in [5, 5.41) is 9.18. The lowest BCUT2D eigenvalue weighted by Crippen LogP contribution is -2.51. The highest BCUT2D eigenvalue weighted by Gasteiger charge is 2.35. The maximum atomic E-state index is 12.2. The van der Waals surface area contributed by atoms with E-state index in [0.29, 0.717) is 0 Å². The second-order valence-corrected chi connectivity index (χ2v) is 6.19. The van der Waals surface area contributed by atoms with Gasteiger partial charge >= 0.3 is 12.1 Å². The van der Waals surface area contributed by atoms with Crippen molar-refractivity contribution in [2.24, 2.45) is 0 Å². The molecule has 0 heterocycles. The van der Waals surface area contributed by atoms with Crippen LogP contribution >= 0.6 is 0 Å². The molecule has 1 amide bonds. The second-order valence-electron chi connectivity index (χ2n) is 6.19. The van der Waals surface area contributed by atoms with Gasteiger partial charge in [-0.3, -0.25) is 4.90 Å². The van der Waals surface area contributed by atoms with Gasteiger partial charge < -0.3 is 9.84 Å². The number of hydrogen-bond donors (Lipinski definition) is 1. The Balaban J connectivity index is 2.84. The molecule has 0 aromatic carbocycles. The summed E-state index contributed by atoms with van der Waals surface area (Å²) in [6.07, 6.45) is 4.43. The van der Waals surface area contributed by atoms with Crippen molar-refractivity contribution in [1.29, 1.82) is 0 Å². The van der Waals surface area contributed by atoms with E-state index in [4.69, 9.17) is 4.74 Å². The van der Waals surface area contributed by atoms with Crippen LogP contribution in [-0.4, -0.2) is 39.8 Å². The first kappa shape index (κ1) is 15.8. The number of carboxylic acids is 1. The maximum absolute atomic E-state index is 12.2. The van der Waals surface area contributed by atoms with E-state index in [1.54, 1.807) is 27.7 Å². The first-order valence-corrected chi connectivity index (χ1v) is 6.96. The quantitative estimate of drug-likeness (QED) is 0.856. The lowest BCUT2D eigenvalue weighted by Gasteiger charge is -2.37. The minimum absolute atomic E-state index is 0.0188. The van der Waals surface area contributed by atoms with Crippen LogP contribution in [0, 0.1) is 0 Å². The van der Waals surface area contributed by atoms with E-state index in [0.717, 1.165) is 32.1 Å². The van der Waals surface area contributed by atoms with E-state index >= 15 is 0 Å². The Kier molecular flexibility index (Phi) is 5.20. The third kappa shape index (κ3) is 4.73. The molecule has 1 atom stereocenters. The molecule has 1 unspecified atom stereocenters. The molecule has 1 aliphatic rings. The van der Waals surface area contributed by atoms with E-state index in [2.05, 4.69) is 0 Å². The van der Waals surface area contributed by atoms with Gasteiger partial charge in [0.25, 0.3) is 0 Å². The largest absolute Gasteiger partial charge is 0.480 e. The third-order valence-corrected chi connectivity index (χ3v) is 3.35. The molecule has 0 aromatic rings. The normalized spacial score (nSPS) is 18.7. The van der Waals surface area contributed by atoms with Gasteiger partial charge in [0.05, 0.1) is 0 Å². The van der Waals surface area contributed by atoms with E-state index in [1.807, 2.05) is 0 Å². The van der Waals surface area contributed by atoms with Gasteiger partial charge in [-0.15, -0.1) is 0 Å². The molecule has 1 fully saturated rings. The van der Waals surface area contributed by atoms with Crippen molar-refractivity contribution in [3.8, 4) is 0 Å². The molecular weight excluding hydrogens is 246 g/mol. The Hall–Kier alpha value is -1.26. The molecule has 0 aromatic heterocycles. The minimum Gasteiger partial charge on any atom is -0.480 e. The summed E-state index contributed by atoms with van der Waals surface area (Å²) in [7, 11) is 0. The van der Waals surface area contributed by atoms with Crippen LogP contribution in [-0.2, 0) is 9.53 Å². The van der Waals surface area contributed by atoms with Crippen LogP contribution in [0.3, 0.4) is 0 Å². The Morgan fingerprint density at radius 1 is 1.21 bits per heavy atom. The number of ether oxygens (including phenoxy) is 1. The zero-order chi connectivity index (χ0) is 14.6. The summed E-state index contributed by atoms with van der Waals surface area (Å²) in [6.45, 7) is 6.90. The van der Waals surface area contributed by atoms with Gasteiger partial charge in [0.2, 0.25) is 0 Å². The van der Waals surface area contributed by atoms with Crippen LogP contribution < -0.4 is 0 Å². The second kappa shape index (κ2) is 6.26. The van der Waals surface area contributed by atoms with E-state index in [-0.39, 0.29) is 6.04 Å². The number of carbonyl (C=O) groups is 2. The van der Waals surface area contributed by atoms with Crippen molar-refractivity contribution in [3.05, 3.63) is 0 Å². The molecule has 5 nitrogen and oxygen atoms in total. The maximum Gasteiger partial charge on any atom is 0.411 e. The number of hydrogen-bond acceptors (Lipinski definition) is 3. The van der Waals surface area contributed by atoms with Crippen LogP contribution in [0.2, 0.25) is 0 Å². The summed E-state index contributed by atoms with van der Waals surface area (Å²) < 4.78 is 5.35. The fourth-order valence-electron chi connectivity index (χ4n) is 2.42. The molecule has 110 valence electrons. The highest BCUT2D eigenvalue weighted by Crippen LogP contribution is 2.26. The van der Waals surface area contributed by atoms with Gasteiger partial charge in [0, 0.05) is 6.04 Å². The topological polar surface area (TPSA) is 66.8 Å². The molecule has 1 saturated carbocycles. The van der Waals surface area contributed by atoms with Crippen molar-refractivity contribution in [2.75, 3.05) is 0 Å². The van der Waals surface area contributed by atoms with Crippen LogP contribution in [0.4, 0.5) is 4.79 Å². The van der Waals surface area contributed by atoms with Crippen LogP contribution in [0.5, 0.6) is 0 Å². The zero-order valence-electron chi connectivity index (χ0n) is 12.3. The Bertz CT molecular complexity index is 329. The number of carboxylic acid groups (broad SMARTS) is 1. The predicted octanol–water partition coefficient (Wildman–Crippen LogP) is 3.03. The predicted molar refractivity (Wildman–Crippen MR) is 72.0 cm³/mol. The van der Waals surface area contributed by atoms with Gasteiger partial charge in [-0.1, -0.05) is 19.3 Å². The first-order chi connectivity index (χ1) is 8.72.